The van der Waals surface area contributed by atoms with Gasteiger partial charge in [-0.3, -0.25) is 9.59 Å². The van der Waals surface area contributed by atoms with Crippen LogP contribution in [0.25, 0.3) is 0 Å². The van der Waals surface area contributed by atoms with E-state index < -0.39 is 0 Å². The van der Waals surface area contributed by atoms with E-state index in [4.69, 9.17) is 16.3 Å². The number of carbonyl (C=O) groups excluding carboxylic acids is 2. The molecule has 0 bridgehead atoms. The van der Waals surface area contributed by atoms with Crippen molar-refractivity contribution in [2.24, 2.45) is 5.92 Å². The molecule has 2 aliphatic heterocycles. The maximum absolute atomic E-state index is 12.6. The first kappa shape index (κ1) is 17.2. The molecular formula is C18H23ClN2O3. The van der Waals surface area contributed by atoms with Crippen LogP contribution in [0.3, 0.4) is 0 Å². The number of ether oxygens (including phenoxy) is 1. The quantitative estimate of drug-likeness (QED) is 0.908. The standard InChI is InChI=1S/C18H23ClN2O3/c1-11-6-12(2)17(15(19)7-11)20-18(23)13-8-16(22)21(9-13)10-14-4-3-5-24-14/h6-7,13-14H,3-5,8-10H2,1-2H3,(H,20,23). The van der Waals surface area contributed by atoms with Crippen LogP contribution in [-0.4, -0.2) is 42.5 Å². The Labute approximate surface area is 147 Å². The molecule has 0 aliphatic carbocycles. The van der Waals surface area contributed by atoms with E-state index in [0.717, 1.165) is 30.6 Å². The van der Waals surface area contributed by atoms with Gasteiger partial charge in [0, 0.05) is 26.1 Å². The number of halogens is 1. The van der Waals surface area contributed by atoms with Crippen molar-refractivity contribution in [2.45, 2.75) is 39.2 Å². The fraction of sp³-hybridized carbons (Fsp3) is 0.556. The van der Waals surface area contributed by atoms with Gasteiger partial charge in [-0.05, 0) is 43.9 Å². The lowest BCUT2D eigenvalue weighted by atomic mass is 10.1. The first-order valence-electron chi connectivity index (χ1n) is 8.41. The van der Waals surface area contributed by atoms with E-state index in [0.29, 0.717) is 23.8 Å². The summed E-state index contributed by atoms with van der Waals surface area (Å²) in [5, 5.41) is 3.43. The van der Waals surface area contributed by atoms with Gasteiger partial charge in [-0.15, -0.1) is 0 Å². The van der Waals surface area contributed by atoms with Crippen LogP contribution in [0.1, 0.15) is 30.4 Å². The Kier molecular flexibility index (Phi) is 5.11. The summed E-state index contributed by atoms with van der Waals surface area (Å²) in [5.74, 6) is -0.458. The van der Waals surface area contributed by atoms with Crippen molar-refractivity contribution in [3.05, 3.63) is 28.3 Å². The van der Waals surface area contributed by atoms with Crippen LogP contribution in [0.5, 0.6) is 0 Å². The molecule has 1 aromatic carbocycles. The van der Waals surface area contributed by atoms with E-state index in [1.807, 2.05) is 26.0 Å². The molecule has 1 aromatic rings. The zero-order chi connectivity index (χ0) is 17.3. The van der Waals surface area contributed by atoms with Gasteiger partial charge < -0.3 is 15.0 Å². The molecule has 2 amide bonds. The summed E-state index contributed by atoms with van der Waals surface area (Å²) < 4.78 is 5.59. The van der Waals surface area contributed by atoms with Crippen molar-refractivity contribution in [1.29, 1.82) is 0 Å². The molecule has 2 atom stereocenters. The first-order chi connectivity index (χ1) is 11.4. The van der Waals surface area contributed by atoms with Crippen LogP contribution in [0.4, 0.5) is 5.69 Å². The fourth-order valence-electron chi connectivity index (χ4n) is 3.46. The van der Waals surface area contributed by atoms with Gasteiger partial charge in [0.2, 0.25) is 11.8 Å². The average molecular weight is 351 g/mol. The highest BCUT2D eigenvalue weighted by atomic mass is 35.5. The number of nitrogens with one attached hydrogen (secondary N) is 1. The van der Waals surface area contributed by atoms with Gasteiger partial charge in [-0.2, -0.15) is 0 Å². The van der Waals surface area contributed by atoms with E-state index in [9.17, 15) is 9.59 Å². The molecule has 2 saturated heterocycles. The molecule has 0 radical (unpaired) electrons. The number of carbonyl (C=O) groups is 2. The highest BCUT2D eigenvalue weighted by Crippen LogP contribution is 2.29. The first-order valence-corrected chi connectivity index (χ1v) is 8.79. The van der Waals surface area contributed by atoms with E-state index in [-0.39, 0.29) is 30.3 Å². The second kappa shape index (κ2) is 7.11. The summed E-state index contributed by atoms with van der Waals surface area (Å²) in [6.07, 6.45) is 2.39. The SMILES string of the molecule is Cc1cc(C)c(NC(=O)C2CC(=O)N(CC3CCCO3)C2)c(Cl)c1. The van der Waals surface area contributed by atoms with Crippen molar-refractivity contribution in [1.82, 2.24) is 4.90 Å². The summed E-state index contributed by atoms with van der Waals surface area (Å²) in [5.41, 5.74) is 2.61. The molecule has 0 spiro atoms. The summed E-state index contributed by atoms with van der Waals surface area (Å²) >= 11 is 6.25. The van der Waals surface area contributed by atoms with Crippen LogP contribution in [0.15, 0.2) is 12.1 Å². The molecule has 130 valence electrons. The molecule has 2 heterocycles. The predicted molar refractivity (Wildman–Crippen MR) is 93.2 cm³/mol. The molecular weight excluding hydrogens is 328 g/mol. The minimum absolute atomic E-state index is 0.0253. The lowest BCUT2D eigenvalue weighted by Gasteiger charge is -2.20. The van der Waals surface area contributed by atoms with Crippen molar-refractivity contribution in [3.63, 3.8) is 0 Å². The van der Waals surface area contributed by atoms with E-state index in [1.165, 1.54) is 0 Å². The zero-order valence-corrected chi connectivity index (χ0v) is 14.9. The Balaban J connectivity index is 1.63. The van der Waals surface area contributed by atoms with E-state index >= 15 is 0 Å². The van der Waals surface area contributed by atoms with E-state index in [1.54, 1.807) is 4.90 Å². The van der Waals surface area contributed by atoms with Crippen LogP contribution >= 0.6 is 11.6 Å². The lowest BCUT2D eigenvalue weighted by Crippen LogP contribution is -2.34. The Bertz CT molecular complexity index is 633. The number of likely N-dealkylation sites (tertiary alicyclic amines) is 1. The zero-order valence-electron chi connectivity index (χ0n) is 14.1. The highest BCUT2D eigenvalue weighted by Gasteiger charge is 2.36. The number of nitrogens with zero attached hydrogens (tertiary/aromatic N) is 1. The minimum atomic E-state index is -0.337. The summed E-state index contributed by atoms with van der Waals surface area (Å²) in [4.78, 5) is 26.5. The Morgan fingerprint density at radius 3 is 2.88 bits per heavy atom. The van der Waals surface area contributed by atoms with Gasteiger partial charge in [-0.25, -0.2) is 0 Å². The maximum Gasteiger partial charge on any atom is 0.229 e. The normalized spacial score (nSPS) is 23.8. The number of amides is 2. The van der Waals surface area contributed by atoms with Gasteiger partial charge >= 0.3 is 0 Å². The molecule has 1 N–H and O–H groups in total. The third-order valence-corrected chi connectivity index (χ3v) is 5.01. The third-order valence-electron chi connectivity index (χ3n) is 4.71. The highest BCUT2D eigenvalue weighted by molar-refractivity contribution is 6.34. The molecule has 2 unspecified atom stereocenters. The molecule has 2 fully saturated rings. The maximum atomic E-state index is 12.6. The number of anilines is 1. The number of aryl methyl sites for hydroxylation is 2. The summed E-state index contributed by atoms with van der Waals surface area (Å²) in [7, 11) is 0. The smallest absolute Gasteiger partial charge is 0.229 e. The van der Waals surface area contributed by atoms with E-state index in [2.05, 4.69) is 5.32 Å². The average Bonchev–Trinajstić information content (AvgIpc) is 3.14. The number of benzene rings is 1. The minimum Gasteiger partial charge on any atom is -0.376 e. The molecule has 2 aliphatic rings. The van der Waals surface area contributed by atoms with Gasteiger partial charge in [0.25, 0.3) is 0 Å². The second-order valence-electron chi connectivity index (χ2n) is 6.76. The molecule has 0 saturated carbocycles. The number of hydrogen-bond acceptors (Lipinski definition) is 3. The van der Waals surface area contributed by atoms with Crippen molar-refractivity contribution < 1.29 is 14.3 Å². The van der Waals surface area contributed by atoms with Gasteiger partial charge in [-0.1, -0.05) is 17.7 Å². The van der Waals surface area contributed by atoms with Crippen molar-refractivity contribution >= 4 is 29.1 Å². The van der Waals surface area contributed by atoms with Crippen LogP contribution in [0, 0.1) is 19.8 Å². The second-order valence-corrected chi connectivity index (χ2v) is 7.17. The number of hydrogen-bond donors (Lipinski definition) is 1. The van der Waals surface area contributed by atoms with Gasteiger partial charge in [0.1, 0.15) is 0 Å². The van der Waals surface area contributed by atoms with Crippen LogP contribution < -0.4 is 5.32 Å². The third kappa shape index (κ3) is 3.73. The number of rotatable bonds is 4. The van der Waals surface area contributed by atoms with Crippen molar-refractivity contribution in [2.75, 3.05) is 25.0 Å². The lowest BCUT2D eigenvalue weighted by molar-refractivity contribution is -0.129. The Morgan fingerprint density at radius 1 is 1.42 bits per heavy atom. The molecule has 3 rings (SSSR count). The van der Waals surface area contributed by atoms with Crippen molar-refractivity contribution in [3.8, 4) is 0 Å². The largest absolute Gasteiger partial charge is 0.376 e. The Morgan fingerprint density at radius 2 is 2.21 bits per heavy atom. The fourth-order valence-corrected chi connectivity index (χ4v) is 3.83. The molecule has 0 aromatic heterocycles. The molecule has 6 heteroatoms. The van der Waals surface area contributed by atoms with Crippen LogP contribution in [0.2, 0.25) is 5.02 Å². The summed E-state index contributed by atoms with van der Waals surface area (Å²) in [6, 6.07) is 3.80. The Hall–Kier alpha value is -1.59. The monoisotopic (exact) mass is 350 g/mol. The van der Waals surface area contributed by atoms with Gasteiger partial charge in [0.15, 0.2) is 0 Å². The molecule has 5 nitrogen and oxygen atoms in total. The topological polar surface area (TPSA) is 58.6 Å². The predicted octanol–water partition coefficient (Wildman–Crippen LogP) is 2.92. The summed E-state index contributed by atoms with van der Waals surface area (Å²) in [6.45, 7) is 5.68. The van der Waals surface area contributed by atoms with Gasteiger partial charge in [0.05, 0.1) is 22.7 Å². The molecule has 24 heavy (non-hydrogen) atoms. The van der Waals surface area contributed by atoms with Crippen LogP contribution in [-0.2, 0) is 14.3 Å².